The van der Waals surface area contributed by atoms with Crippen molar-refractivity contribution in [1.82, 2.24) is 4.90 Å². The van der Waals surface area contributed by atoms with Crippen LogP contribution >= 0.6 is 0 Å². The average Bonchev–Trinajstić information content (AvgIpc) is 2.85. The Morgan fingerprint density at radius 1 is 1.05 bits per heavy atom. The molecule has 4 saturated carbocycles. The summed E-state index contributed by atoms with van der Waals surface area (Å²) in [5.74, 6) is 11.1. The van der Waals surface area contributed by atoms with Gasteiger partial charge >= 0.3 is 0 Å². The maximum atomic E-state index is 5.76. The summed E-state index contributed by atoms with van der Waals surface area (Å²) in [6.07, 6.45) is 10.1. The number of hydrogen-bond acceptors (Lipinski definition) is 2. The van der Waals surface area contributed by atoms with Gasteiger partial charge in [-0.2, -0.15) is 0 Å². The summed E-state index contributed by atoms with van der Waals surface area (Å²) in [4.78, 5) is 2.50. The Hall–Kier alpha value is -0.520. The lowest BCUT2D eigenvalue weighted by atomic mass is 9.50. The zero-order chi connectivity index (χ0) is 13.6. The van der Waals surface area contributed by atoms with Crippen molar-refractivity contribution < 1.29 is 0 Å². The quantitative estimate of drug-likeness (QED) is 0.783. The minimum Gasteiger partial charge on any atom is -0.330 e. The molecular weight excluding hydrogens is 244 g/mol. The lowest BCUT2D eigenvalue weighted by Gasteiger charge is -2.54. The van der Waals surface area contributed by atoms with Gasteiger partial charge in [-0.05, 0) is 81.7 Å². The molecular formula is C18H28N2. The first-order valence-electron chi connectivity index (χ1n) is 8.67. The maximum Gasteiger partial charge on any atom is 0.0601 e. The fraction of sp³-hybridized carbons (Fsp3) is 0.889. The molecule has 0 aromatic heterocycles. The van der Waals surface area contributed by atoms with Gasteiger partial charge in [-0.15, -0.1) is 0 Å². The molecule has 1 atom stereocenters. The van der Waals surface area contributed by atoms with Crippen molar-refractivity contribution in [2.45, 2.75) is 44.9 Å². The monoisotopic (exact) mass is 272 g/mol. The zero-order valence-electron chi connectivity index (χ0n) is 12.6. The van der Waals surface area contributed by atoms with Crippen molar-refractivity contribution in [2.24, 2.45) is 34.8 Å². The van der Waals surface area contributed by atoms with Gasteiger partial charge in [0.05, 0.1) is 6.54 Å². The van der Waals surface area contributed by atoms with Gasteiger partial charge in [0.15, 0.2) is 0 Å². The lowest BCUT2D eigenvalue weighted by Crippen LogP contribution is -2.45. The topological polar surface area (TPSA) is 29.3 Å². The van der Waals surface area contributed by atoms with Crippen molar-refractivity contribution >= 4 is 0 Å². The fourth-order valence-corrected chi connectivity index (χ4v) is 5.85. The molecule has 0 amide bonds. The molecule has 5 fully saturated rings. The van der Waals surface area contributed by atoms with Crippen molar-refractivity contribution in [3.63, 3.8) is 0 Å². The molecule has 4 bridgehead atoms. The van der Waals surface area contributed by atoms with Crippen LogP contribution in [0.15, 0.2) is 0 Å². The van der Waals surface area contributed by atoms with E-state index in [1.54, 1.807) is 0 Å². The van der Waals surface area contributed by atoms with Crippen LogP contribution in [0.25, 0.3) is 0 Å². The number of nitrogens with zero attached hydrogens (tertiary/aromatic N) is 1. The predicted octanol–water partition coefficient (Wildman–Crippen LogP) is 2.49. The molecule has 2 nitrogen and oxygen atoms in total. The van der Waals surface area contributed by atoms with E-state index in [9.17, 15) is 0 Å². The van der Waals surface area contributed by atoms with Gasteiger partial charge in [-0.3, -0.25) is 4.90 Å². The Kier molecular flexibility index (Phi) is 3.32. The molecule has 0 aromatic rings. The second kappa shape index (κ2) is 5.04. The van der Waals surface area contributed by atoms with Gasteiger partial charge < -0.3 is 5.73 Å². The van der Waals surface area contributed by atoms with E-state index in [1.165, 1.54) is 58.0 Å². The Bertz CT molecular complexity index is 395. The molecule has 5 aliphatic rings. The van der Waals surface area contributed by atoms with Gasteiger partial charge in [-0.1, -0.05) is 11.8 Å². The summed E-state index contributed by atoms with van der Waals surface area (Å²) in [7, 11) is 0. The van der Waals surface area contributed by atoms with Gasteiger partial charge in [0, 0.05) is 12.0 Å². The zero-order valence-corrected chi connectivity index (χ0v) is 12.6. The van der Waals surface area contributed by atoms with Crippen LogP contribution in [0, 0.1) is 40.9 Å². The third-order valence-electron chi connectivity index (χ3n) is 6.40. The molecule has 1 saturated heterocycles. The van der Waals surface area contributed by atoms with Crippen LogP contribution in [0.5, 0.6) is 0 Å². The summed E-state index contributed by atoms with van der Waals surface area (Å²) in [6.45, 7) is 4.21. The molecule has 110 valence electrons. The van der Waals surface area contributed by atoms with Gasteiger partial charge in [0.1, 0.15) is 0 Å². The van der Waals surface area contributed by atoms with E-state index in [2.05, 4.69) is 16.7 Å². The molecule has 0 radical (unpaired) electrons. The smallest absolute Gasteiger partial charge is 0.0601 e. The number of likely N-dealkylation sites (tertiary alicyclic amines) is 1. The molecule has 2 heteroatoms. The molecule has 2 N–H and O–H groups in total. The summed E-state index contributed by atoms with van der Waals surface area (Å²) in [5, 5.41) is 0. The highest BCUT2D eigenvalue weighted by molar-refractivity contribution is 5.19. The number of nitrogens with two attached hydrogens (primary N) is 1. The van der Waals surface area contributed by atoms with Crippen molar-refractivity contribution in [3.05, 3.63) is 0 Å². The Labute approximate surface area is 123 Å². The molecule has 1 heterocycles. The van der Waals surface area contributed by atoms with Crippen LogP contribution in [0.2, 0.25) is 0 Å². The second-order valence-electron chi connectivity index (χ2n) is 8.13. The molecule has 5 rings (SSSR count). The largest absolute Gasteiger partial charge is 0.330 e. The molecule has 1 unspecified atom stereocenters. The van der Waals surface area contributed by atoms with E-state index in [0.717, 1.165) is 36.8 Å². The molecule has 0 spiro atoms. The van der Waals surface area contributed by atoms with Gasteiger partial charge in [0.2, 0.25) is 0 Å². The normalized spacial score (nSPS) is 46.5. The van der Waals surface area contributed by atoms with Crippen LogP contribution < -0.4 is 5.73 Å². The van der Waals surface area contributed by atoms with E-state index in [-0.39, 0.29) is 0 Å². The lowest BCUT2D eigenvalue weighted by molar-refractivity contribution is -0.0182. The minimum atomic E-state index is 0.432. The third-order valence-corrected chi connectivity index (χ3v) is 6.40. The standard InChI is InChI=1S/C18H28N2/c19-12-14-2-5-20(13-14)4-1-3-18-9-15-6-16(10-18)8-17(7-15)11-18/h14-17H,2,4-13,19H2. The van der Waals surface area contributed by atoms with E-state index in [1.807, 2.05) is 0 Å². The van der Waals surface area contributed by atoms with Crippen LogP contribution in [0.1, 0.15) is 44.9 Å². The molecule has 4 aliphatic carbocycles. The summed E-state index contributed by atoms with van der Waals surface area (Å²) < 4.78 is 0. The van der Waals surface area contributed by atoms with Gasteiger partial charge in [0.25, 0.3) is 0 Å². The minimum absolute atomic E-state index is 0.432. The van der Waals surface area contributed by atoms with Crippen molar-refractivity contribution in [3.8, 4) is 11.8 Å². The molecule has 0 aromatic carbocycles. The first-order chi connectivity index (χ1) is 9.75. The van der Waals surface area contributed by atoms with E-state index in [4.69, 9.17) is 5.73 Å². The molecule has 20 heavy (non-hydrogen) atoms. The summed E-state index contributed by atoms with van der Waals surface area (Å²) in [6, 6.07) is 0. The second-order valence-corrected chi connectivity index (χ2v) is 8.13. The van der Waals surface area contributed by atoms with Crippen molar-refractivity contribution in [1.29, 1.82) is 0 Å². The highest BCUT2D eigenvalue weighted by atomic mass is 15.1. The number of hydrogen-bond donors (Lipinski definition) is 1. The summed E-state index contributed by atoms with van der Waals surface area (Å²) in [5.41, 5.74) is 6.20. The average molecular weight is 272 g/mol. The third kappa shape index (κ3) is 2.40. The van der Waals surface area contributed by atoms with Crippen molar-refractivity contribution in [2.75, 3.05) is 26.2 Å². The Balaban J connectivity index is 1.39. The highest BCUT2D eigenvalue weighted by Gasteiger charge is 2.50. The van der Waals surface area contributed by atoms with E-state index in [0.29, 0.717) is 5.41 Å². The SMILES string of the molecule is NCC1CCN(CC#CC23CC4CC(CC(C4)C2)C3)C1. The first-order valence-corrected chi connectivity index (χ1v) is 8.67. The Morgan fingerprint density at radius 2 is 1.70 bits per heavy atom. The Morgan fingerprint density at radius 3 is 2.25 bits per heavy atom. The van der Waals surface area contributed by atoms with E-state index < -0.39 is 0 Å². The first kappa shape index (κ1) is 13.2. The molecule has 1 aliphatic heterocycles. The van der Waals surface area contributed by atoms with Crippen LogP contribution in [0.4, 0.5) is 0 Å². The summed E-state index contributed by atoms with van der Waals surface area (Å²) >= 11 is 0. The van der Waals surface area contributed by atoms with E-state index >= 15 is 0 Å². The highest BCUT2D eigenvalue weighted by Crippen LogP contribution is 2.59. The predicted molar refractivity (Wildman–Crippen MR) is 82.0 cm³/mol. The van der Waals surface area contributed by atoms with Crippen LogP contribution in [0.3, 0.4) is 0 Å². The van der Waals surface area contributed by atoms with Crippen LogP contribution in [-0.2, 0) is 0 Å². The van der Waals surface area contributed by atoms with Crippen LogP contribution in [-0.4, -0.2) is 31.1 Å². The maximum absolute atomic E-state index is 5.76. The fourth-order valence-electron chi connectivity index (χ4n) is 5.85. The van der Waals surface area contributed by atoms with Gasteiger partial charge in [-0.25, -0.2) is 0 Å². The number of rotatable bonds is 2.